The quantitative estimate of drug-likeness (QED) is 0.600. The molecule has 1 saturated carbocycles. The minimum atomic E-state index is -0.414. The van der Waals surface area contributed by atoms with E-state index < -0.39 is 5.97 Å². The van der Waals surface area contributed by atoms with Gasteiger partial charge in [0.1, 0.15) is 0 Å². The highest BCUT2D eigenvalue weighted by atomic mass is 16.7. The van der Waals surface area contributed by atoms with Crippen LogP contribution in [0.5, 0.6) is 0 Å². The number of hydrogen-bond donors (Lipinski definition) is 0. The van der Waals surface area contributed by atoms with Gasteiger partial charge in [-0.3, -0.25) is 0 Å². The van der Waals surface area contributed by atoms with E-state index in [0.29, 0.717) is 5.56 Å². The van der Waals surface area contributed by atoms with E-state index >= 15 is 0 Å². The van der Waals surface area contributed by atoms with Gasteiger partial charge in [0.05, 0.1) is 11.3 Å². The van der Waals surface area contributed by atoms with Crippen molar-refractivity contribution < 1.29 is 9.63 Å². The Morgan fingerprint density at radius 3 is 2.30 bits per heavy atom. The van der Waals surface area contributed by atoms with Gasteiger partial charge in [0.2, 0.25) is 0 Å². The van der Waals surface area contributed by atoms with Gasteiger partial charge >= 0.3 is 5.97 Å². The van der Waals surface area contributed by atoms with E-state index in [1.54, 1.807) is 12.1 Å². The van der Waals surface area contributed by atoms with Crippen LogP contribution in [-0.2, 0) is 4.84 Å². The first kappa shape index (κ1) is 15.2. The largest absolute Gasteiger partial charge is 0.365 e. The van der Waals surface area contributed by atoms with Crippen molar-refractivity contribution in [3.8, 4) is 0 Å². The summed E-state index contributed by atoms with van der Waals surface area (Å²) in [6.45, 7) is 0. The molecule has 1 aliphatic carbocycles. The van der Waals surface area contributed by atoms with Gasteiger partial charge in [0.15, 0.2) is 0 Å². The number of hydrogen-bond acceptors (Lipinski definition) is 3. The maximum atomic E-state index is 12.0. The fourth-order valence-electron chi connectivity index (χ4n) is 2.65. The molecule has 0 radical (unpaired) electrons. The predicted molar refractivity (Wildman–Crippen MR) is 92.2 cm³/mol. The monoisotopic (exact) mass is 305 g/mol. The second-order valence-corrected chi connectivity index (χ2v) is 5.57. The number of oxime groups is 1. The minimum absolute atomic E-state index is 0.414. The van der Waals surface area contributed by atoms with Crippen molar-refractivity contribution in [2.45, 2.75) is 25.7 Å². The lowest BCUT2D eigenvalue weighted by atomic mass is 9.91. The summed E-state index contributed by atoms with van der Waals surface area (Å²) in [5.74, 6) is -0.414. The molecule has 0 atom stereocenters. The van der Waals surface area contributed by atoms with Gasteiger partial charge < -0.3 is 4.84 Å². The van der Waals surface area contributed by atoms with Crippen LogP contribution in [0.4, 0.5) is 0 Å². The Kier molecular flexibility index (Phi) is 4.99. The lowest BCUT2D eigenvalue weighted by Crippen LogP contribution is -2.11. The fraction of sp³-hybridized carbons (Fsp3) is 0.200. The van der Waals surface area contributed by atoms with Gasteiger partial charge in [-0.15, -0.1) is 0 Å². The van der Waals surface area contributed by atoms with Gasteiger partial charge in [-0.2, -0.15) is 0 Å². The molecule has 3 heteroatoms. The molecule has 2 aromatic rings. The maximum Gasteiger partial charge on any atom is 0.365 e. The van der Waals surface area contributed by atoms with Crippen molar-refractivity contribution in [3.63, 3.8) is 0 Å². The summed E-state index contributed by atoms with van der Waals surface area (Å²) in [6.07, 6.45) is 6.17. The van der Waals surface area contributed by atoms with E-state index in [1.807, 2.05) is 36.4 Å². The van der Waals surface area contributed by atoms with Crippen LogP contribution >= 0.6 is 0 Å². The molecule has 116 valence electrons. The second kappa shape index (κ2) is 7.54. The number of benzene rings is 2. The Morgan fingerprint density at radius 1 is 0.913 bits per heavy atom. The van der Waals surface area contributed by atoms with Gasteiger partial charge in [-0.05, 0) is 55.0 Å². The molecule has 0 N–H and O–H groups in total. The number of carbonyl (C=O) groups is 1. The topological polar surface area (TPSA) is 38.7 Å². The summed E-state index contributed by atoms with van der Waals surface area (Å²) in [6, 6.07) is 19.1. The second-order valence-electron chi connectivity index (χ2n) is 5.57. The first-order valence-electron chi connectivity index (χ1n) is 7.92. The summed E-state index contributed by atoms with van der Waals surface area (Å²) in [7, 11) is 0. The van der Waals surface area contributed by atoms with Crippen LogP contribution in [0.15, 0.2) is 71.4 Å². The molecule has 2 aromatic carbocycles. The summed E-state index contributed by atoms with van der Waals surface area (Å²) >= 11 is 0. The van der Waals surface area contributed by atoms with Crippen molar-refractivity contribution >= 4 is 17.8 Å². The minimum Gasteiger partial charge on any atom is -0.313 e. The molecule has 3 rings (SSSR count). The Hall–Kier alpha value is -2.68. The summed E-state index contributed by atoms with van der Waals surface area (Å²) in [5, 5.41) is 4.14. The average molecular weight is 305 g/mol. The van der Waals surface area contributed by atoms with Gasteiger partial charge in [0.25, 0.3) is 0 Å². The molecule has 3 nitrogen and oxygen atoms in total. The van der Waals surface area contributed by atoms with Crippen LogP contribution in [0.1, 0.15) is 41.6 Å². The molecule has 23 heavy (non-hydrogen) atoms. The van der Waals surface area contributed by atoms with Crippen molar-refractivity contribution in [1.29, 1.82) is 0 Å². The van der Waals surface area contributed by atoms with E-state index in [2.05, 4.69) is 23.4 Å². The highest BCUT2D eigenvalue weighted by Crippen LogP contribution is 2.23. The molecule has 0 heterocycles. The molecule has 0 amide bonds. The van der Waals surface area contributed by atoms with Crippen LogP contribution < -0.4 is 0 Å². The average Bonchev–Trinajstić information content (AvgIpc) is 2.62. The lowest BCUT2D eigenvalue weighted by Gasteiger charge is -2.16. The Bertz CT molecular complexity index is 718. The zero-order valence-corrected chi connectivity index (χ0v) is 12.9. The smallest absolute Gasteiger partial charge is 0.313 e. The summed E-state index contributed by atoms with van der Waals surface area (Å²) in [4.78, 5) is 17.1. The summed E-state index contributed by atoms with van der Waals surface area (Å²) in [5.41, 5.74) is 3.69. The van der Waals surface area contributed by atoms with E-state index in [4.69, 9.17) is 4.84 Å². The van der Waals surface area contributed by atoms with Crippen molar-refractivity contribution in [3.05, 3.63) is 77.4 Å². The molecule has 0 bridgehead atoms. The molecule has 1 fully saturated rings. The third kappa shape index (κ3) is 4.16. The van der Waals surface area contributed by atoms with Crippen molar-refractivity contribution in [2.75, 3.05) is 0 Å². The molecular formula is C20H19NO2. The molecular weight excluding hydrogens is 286 g/mol. The molecule has 0 unspecified atom stereocenters. The van der Waals surface area contributed by atoms with E-state index in [0.717, 1.165) is 42.5 Å². The Labute approximate surface area is 136 Å². The third-order valence-electron chi connectivity index (χ3n) is 3.87. The zero-order valence-electron chi connectivity index (χ0n) is 12.9. The van der Waals surface area contributed by atoms with Crippen LogP contribution in [0.25, 0.3) is 6.08 Å². The Balaban J connectivity index is 1.76. The molecule has 0 aliphatic heterocycles. The highest BCUT2D eigenvalue weighted by molar-refractivity contribution is 6.04. The molecule has 0 aromatic heterocycles. The standard InChI is InChI=1S/C20H19NO2/c22-20(17-11-5-2-6-12-17)23-21-19-14-8-7-13-18(19)15-16-9-3-1-4-10-16/h1-6,9-12,15H,7-8,13-14H2/b18-15-,21-19-. The van der Waals surface area contributed by atoms with Crippen molar-refractivity contribution in [2.24, 2.45) is 5.16 Å². The van der Waals surface area contributed by atoms with E-state index in [1.165, 1.54) is 0 Å². The number of allylic oxidation sites excluding steroid dienone is 1. The number of rotatable bonds is 3. The molecule has 0 spiro atoms. The number of carbonyl (C=O) groups excluding carboxylic acids is 1. The van der Waals surface area contributed by atoms with E-state index in [9.17, 15) is 4.79 Å². The maximum absolute atomic E-state index is 12.0. The zero-order chi connectivity index (χ0) is 15.9. The Morgan fingerprint density at radius 2 is 1.57 bits per heavy atom. The molecule has 0 saturated heterocycles. The van der Waals surface area contributed by atoms with Crippen LogP contribution in [-0.4, -0.2) is 11.7 Å². The lowest BCUT2D eigenvalue weighted by molar-refractivity contribution is 0.0515. The summed E-state index contributed by atoms with van der Waals surface area (Å²) < 4.78 is 0. The van der Waals surface area contributed by atoms with Crippen molar-refractivity contribution in [1.82, 2.24) is 0 Å². The van der Waals surface area contributed by atoms with Gasteiger partial charge in [-0.25, -0.2) is 4.79 Å². The normalized spacial score (nSPS) is 18.1. The van der Waals surface area contributed by atoms with Crippen LogP contribution in [0, 0.1) is 0 Å². The van der Waals surface area contributed by atoms with Crippen LogP contribution in [0.2, 0.25) is 0 Å². The molecule has 1 aliphatic rings. The highest BCUT2D eigenvalue weighted by Gasteiger charge is 2.15. The fourth-order valence-corrected chi connectivity index (χ4v) is 2.65. The SMILES string of the molecule is O=C(O/N=C1/CCCC/C1=C/c1ccccc1)c1ccccc1. The first-order chi connectivity index (χ1) is 11.3. The third-order valence-corrected chi connectivity index (χ3v) is 3.87. The van der Waals surface area contributed by atoms with E-state index in [-0.39, 0.29) is 0 Å². The van der Waals surface area contributed by atoms with Crippen LogP contribution in [0.3, 0.4) is 0 Å². The first-order valence-corrected chi connectivity index (χ1v) is 7.92. The predicted octanol–water partition coefficient (Wildman–Crippen LogP) is 4.86. The van der Waals surface area contributed by atoms with Gasteiger partial charge in [-0.1, -0.05) is 53.7 Å². The number of nitrogens with zero attached hydrogens (tertiary/aromatic N) is 1. The van der Waals surface area contributed by atoms with Gasteiger partial charge in [0, 0.05) is 0 Å².